The summed E-state index contributed by atoms with van der Waals surface area (Å²) >= 11 is 0. The van der Waals surface area contributed by atoms with Gasteiger partial charge in [-0.1, -0.05) is 25.5 Å². The van der Waals surface area contributed by atoms with Crippen LogP contribution in [0.15, 0.2) is 57.3 Å². The first-order chi connectivity index (χ1) is 20.2. The molecule has 9 nitrogen and oxygen atoms in total. The Labute approximate surface area is 247 Å². The molecule has 226 valence electrons. The SMILES string of the molecule is CC.CC(=O)Oc1ccc(C(=O)Nc2cc3ccc(OCCCN4CCNCC4)c(C)c3oc2=O)cc1CC=C(C)C. The highest BCUT2D eigenvalue weighted by atomic mass is 16.5. The molecule has 0 spiro atoms. The van der Waals surface area contributed by atoms with E-state index in [1.54, 1.807) is 24.3 Å². The fraction of sp³-hybridized carbons (Fsp3) is 0.424. The lowest BCUT2D eigenvalue weighted by molar-refractivity contribution is -0.131. The molecule has 4 rings (SSSR count). The van der Waals surface area contributed by atoms with Crippen LogP contribution in [0.3, 0.4) is 0 Å². The molecular weight excluding hydrogens is 534 g/mol. The van der Waals surface area contributed by atoms with Crippen molar-refractivity contribution in [3.05, 3.63) is 75.2 Å². The van der Waals surface area contributed by atoms with E-state index in [9.17, 15) is 14.4 Å². The van der Waals surface area contributed by atoms with Gasteiger partial charge in [-0.15, -0.1) is 0 Å². The predicted octanol–water partition coefficient (Wildman–Crippen LogP) is 5.49. The van der Waals surface area contributed by atoms with Crippen LogP contribution < -0.4 is 25.7 Å². The Balaban J connectivity index is 0.00000237. The molecule has 1 aromatic heterocycles. The number of hydrogen-bond donors (Lipinski definition) is 2. The number of allylic oxidation sites excluding steroid dienone is 2. The Bertz CT molecular complexity index is 1470. The molecule has 42 heavy (non-hydrogen) atoms. The van der Waals surface area contributed by atoms with Crippen molar-refractivity contribution >= 4 is 28.5 Å². The number of anilines is 1. The van der Waals surface area contributed by atoms with Crippen LogP contribution in [0.25, 0.3) is 11.0 Å². The molecule has 1 fully saturated rings. The van der Waals surface area contributed by atoms with Crippen LogP contribution >= 0.6 is 0 Å². The lowest BCUT2D eigenvalue weighted by atomic mass is 10.0. The lowest BCUT2D eigenvalue weighted by Gasteiger charge is -2.27. The van der Waals surface area contributed by atoms with Crippen LogP contribution in [0, 0.1) is 6.92 Å². The molecule has 0 aliphatic carbocycles. The second-order valence-electron chi connectivity index (χ2n) is 10.2. The van der Waals surface area contributed by atoms with Crippen LogP contribution in [0.2, 0.25) is 0 Å². The number of benzene rings is 2. The van der Waals surface area contributed by atoms with Gasteiger partial charge in [0.25, 0.3) is 5.91 Å². The van der Waals surface area contributed by atoms with Crippen LogP contribution in [0.1, 0.15) is 62.5 Å². The third-order valence-corrected chi connectivity index (χ3v) is 6.74. The van der Waals surface area contributed by atoms with Gasteiger partial charge in [0.2, 0.25) is 0 Å². The summed E-state index contributed by atoms with van der Waals surface area (Å²) in [5.41, 5.74) is 2.66. The van der Waals surface area contributed by atoms with Crippen molar-refractivity contribution in [2.75, 3.05) is 44.6 Å². The molecular formula is C33H43N3O6. The normalized spacial score (nSPS) is 13.1. The Hall–Kier alpha value is -3.95. The highest BCUT2D eigenvalue weighted by Crippen LogP contribution is 2.28. The van der Waals surface area contributed by atoms with E-state index in [1.807, 2.05) is 52.8 Å². The number of hydrogen-bond acceptors (Lipinski definition) is 8. The van der Waals surface area contributed by atoms with E-state index in [4.69, 9.17) is 13.9 Å². The van der Waals surface area contributed by atoms with E-state index < -0.39 is 17.5 Å². The van der Waals surface area contributed by atoms with Crippen molar-refractivity contribution in [3.8, 4) is 11.5 Å². The maximum atomic E-state index is 13.1. The molecule has 0 radical (unpaired) electrons. The number of nitrogens with zero attached hydrogens (tertiary/aromatic N) is 1. The van der Waals surface area contributed by atoms with E-state index in [0.29, 0.717) is 46.6 Å². The maximum absolute atomic E-state index is 13.1. The van der Waals surface area contributed by atoms with Crippen molar-refractivity contribution in [1.82, 2.24) is 10.2 Å². The van der Waals surface area contributed by atoms with E-state index in [0.717, 1.165) is 50.3 Å². The molecule has 1 amide bonds. The zero-order valence-electron chi connectivity index (χ0n) is 25.6. The van der Waals surface area contributed by atoms with Gasteiger partial charge in [0.15, 0.2) is 0 Å². The van der Waals surface area contributed by atoms with E-state index in [1.165, 1.54) is 6.92 Å². The Morgan fingerprint density at radius 2 is 1.76 bits per heavy atom. The molecule has 2 aromatic carbocycles. The van der Waals surface area contributed by atoms with Gasteiger partial charge in [-0.05, 0) is 75.6 Å². The first-order valence-corrected chi connectivity index (χ1v) is 14.6. The van der Waals surface area contributed by atoms with Crippen molar-refractivity contribution < 1.29 is 23.5 Å². The molecule has 2 N–H and O–H groups in total. The standard InChI is InChI=1S/C31H37N3O6.C2H6/c1-20(2)6-7-23-18-25(9-11-28(23)39-22(4)35)30(36)33-26-19-24-8-10-27(21(3)29(24)40-31(26)37)38-17-5-14-34-15-12-32-13-16-34;1-2/h6,8-11,18-19,32H,5,7,12-17H2,1-4H3,(H,33,36);1-2H3. The predicted molar refractivity (Wildman–Crippen MR) is 167 cm³/mol. The van der Waals surface area contributed by atoms with Gasteiger partial charge in [0, 0.05) is 56.2 Å². The van der Waals surface area contributed by atoms with E-state index >= 15 is 0 Å². The molecule has 0 saturated carbocycles. The van der Waals surface area contributed by atoms with Gasteiger partial charge in [-0.3, -0.25) is 9.59 Å². The number of rotatable bonds is 10. The van der Waals surface area contributed by atoms with Gasteiger partial charge < -0.3 is 29.4 Å². The van der Waals surface area contributed by atoms with E-state index in [-0.39, 0.29) is 5.69 Å². The average Bonchev–Trinajstić information content (AvgIpc) is 2.98. The number of esters is 1. The Morgan fingerprint density at radius 3 is 2.45 bits per heavy atom. The number of carbonyl (C=O) groups excluding carboxylic acids is 2. The monoisotopic (exact) mass is 577 g/mol. The number of piperazine rings is 1. The zero-order valence-corrected chi connectivity index (χ0v) is 25.6. The molecule has 0 unspecified atom stereocenters. The summed E-state index contributed by atoms with van der Waals surface area (Å²) in [6.07, 6.45) is 3.38. The van der Waals surface area contributed by atoms with Crippen molar-refractivity contribution in [2.45, 2.75) is 54.4 Å². The number of fused-ring (bicyclic) bond motifs is 1. The number of carbonyl (C=O) groups is 2. The minimum absolute atomic E-state index is 0.0384. The topological polar surface area (TPSA) is 110 Å². The molecule has 1 aliphatic heterocycles. The van der Waals surface area contributed by atoms with Crippen LogP contribution in [-0.2, 0) is 11.2 Å². The smallest absolute Gasteiger partial charge is 0.360 e. The van der Waals surface area contributed by atoms with Crippen LogP contribution in [0.5, 0.6) is 11.5 Å². The summed E-state index contributed by atoms with van der Waals surface area (Å²) in [6.45, 7) is 16.8. The molecule has 0 bridgehead atoms. The third-order valence-electron chi connectivity index (χ3n) is 6.74. The lowest BCUT2D eigenvalue weighted by Crippen LogP contribution is -2.43. The minimum Gasteiger partial charge on any atom is -0.493 e. The summed E-state index contributed by atoms with van der Waals surface area (Å²) in [7, 11) is 0. The number of amides is 1. The Kier molecular flexibility index (Phi) is 12.3. The molecule has 1 saturated heterocycles. The van der Waals surface area contributed by atoms with Gasteiger partial charge in [-0.25, -0.2) is 4.79 Å². The van der Waals surface area contributed by atoms with Gasteiger partial charge in [0.1, 0.15) is 22.8 Å². The van der Waals surface area contributed by atoms with Crippen LogP contribution in [0.4, 0.5) is 5.69 Å². The summed E-state index contributed by atoms with van der Waals surface area (Å²) in [5.74, 6) is 0.151. The number of nitrogens with one attached hydrogen (secondary N) is 2. The first-order valence-electron chi connectivity index (χ1n) is 14.6. The second-order valence-corrected chi connectivity index (χ2v) is 10.2. The number of aryl methyl sites for hydroxylation is 1. The van der Waals surface area contributed by atoms with Crippen molar-refractivity contribution in [1.29, 1.82) is 0 Å². The second kappa shape index (κ2) is 15.9. The van der Waals surface area contributed by atoms with Crippen LogP contribution in [-0.4, -0.2) is 56.1 Å². The summed E-state index contributed by atoms with van der Waals surface area (Å²) in [6, 6.07) is 10.1. The molecule has 2 heterocycles. The first kappa shape index (κ1) is 32.6. The quantitative estimate of drug-likeness (QED) is 0.107. The average molecular weight is 578 g/mol. The highest BCUT2D eigenvalue weighted by Gasteiger charge is 2.16. The summed E-state index contributed by atoms with van der Waals surface area (Å²) in [5, 5.41) is 6.70. The fourth-order valence-electron chi connectivity index (χ4n) is 4.60. The summed E-state index contributed by atoms with van der Waals surface area (Å²) < 4.78 is 16.9. The highest BCUT2D eigenvalue weighted by molar-refractivity contribution is 6.05. The molecule has 3 aromatic rings. The van der Waals surface area contributed by atoms with Crippen molar-refractivity contribution in [2.24, 2.45) is 0 Å². The zero-order chi connectivity index (χ0) is 30.6. The molecule has 1 aliphatic rings. The van der Waals surface area contributed by atoms with Gasteiger partial charge >= 0.3 is 11.6 Å². The van der Waals surface area contributed by atoms with E-state index in [2.05, 4.69) is 15.5 Å². The third kappa shape index (κ3) is 9.03. The molecule has 0 atom stereocenters. The molecule has 9 heteroatoms. The Morgan fingerprint density at radius 1 is 1.05 bits per heavy atom. The summed E-state index contributed by atoms with van der Waals surface area (Å²) in [4.78, 5) is 39.8. The van der Waals surface area contributed by atoms with Gasteiger partial charge in [0.05, 0.1) is 6.61 Å². The van der Waals surface area contributed by atoms with Gasteiger partial charge in [-0.2, -0.15) is 0 Å². The van der Waals surface area contributed by atoms with Crippen molar-refractivity contribution in [3.63, 3.8) is 0 Å². The fourth-order valence-corrected chi connectivity index (χ4v) is 4.60. The largest absolute Gasteiger partial charge is 0.493 e. The number of ether oxygens (including phenoxy) is 2. The maximum Gasteiger partial charge on any atom is 0.360 e. The minimum atomic E-state index is -0.652.